The van der Waals surface area contributed by atoms with Crippen LogP contribution in [0.1, 0.15) is 90.7 Å². The third kappa shape index (κ3) is 2.53. The predicted octanol–water partition coefficient (Wildman–Crippen LogP) is 5.64. The molecule has 1 nitrogen and oxygen atoms in total. The summed E-state index contributed by atoms with van der Waals surface area (Å²) in [6, 6.07) is 6.94. The van der Waals surface area contributed by atoms with E-state index in [4.69, 9.17) is 0 Å². The van der Waals surface area contributed by atoms with Gasteiger partial charge in [0.1, 0.15) is 0 Å². The van der Waals surface area contributed by atoms with Crippen molar-refractivity contribution in [1.29, 1.82) is 0 Å². The Morgan fingerprint density at radius 2 is 1.58 bits per heavy atom. The van der Waals surface area contributed by atoms with Crippen molar-refractivity contribution in [3.63, 3.8) is 0 Å². The molecule has 3 atom stereocenters. The fourth-order valence-corrected chi connectivity index (χ4v) is 6.22. The number of nitrogens with zero attached hydrogens (tertiary/aromatic N) is 1. The van der Waals surface area contributed by atoms with Crippen molar-refractivity contribution in [1.82, 2.24) is 0 Å². The van der Waals surface area contributed by atoms with Gasteiger partial charge in [0, 0.05) is 0 Å². The molecule has 132 valence electrons. The van der Waals surface area contributed by atoms with Crippen LogP contribution in [0.3, 0.4) is 0 Å². The van der Waals surface area contributed by atoms with E-state index in [9.17, 15) is 0 Å². The van der Waals surface area contributed by atoms with Crippen molar-refractivity contribution in [2.75, 3.05) is 4.90 Å². The van der Waals surface area contributed by atoms with Gasteiger partial charge in [-0.15, -0.1) is 0 Å². The van der Waals surface area contributed by atoms with Gasteiger partial charge in [-0.1, -0.05) is 0 Å². The standard InChI is InChI=1S/C22H33NSe/c1-14(2)17-9-8-10-18(15(3)4)19(17)23-20(24)22(7)12-11-21(23,6)13-16(22)5/h8-10,14-16H,11-13H2,1-7H3/t16-,21-,22+/m0/s1. The first-order chi connectivity index (χ1) is 11.1. The molecule has 1 saturated carbocycles. The maximum absolute atomic E-state index is 3.53. The van der Waals surface area contributed by atoms with E-state index in [2.05, 4.69) is 87.1 Å². The molecule has 0 amide bonds. The summed E-state index contributed by atoms with van der Waals surface area (Å²) in [6.45, 7) is 16.7. The Kier molecular flexibility index (Phi) is 4.54. The number of benzene rings is 1. The average Bonchev–Trinajstić information content (AvgIpc) is 2.50. The molecule has 0 aromatic heterocycles. The SMILES string of the molecule is CC(C)c1cccc(C(C)C)c1N1C(=[Se])[C@]2(C)CC[C@@]1(C)C[C@@H]2C. The summed E-state index contributed by atoms with van der Waals surface area (Å²) in [6.07, 6.45) is 3.89. The zero-order chi connectivity index (χ0) is 17.9. The monoisotopic (exact) mass is 391 g/mol. The van der Waals surface area contributed by atoms with E-state index in [0.717, 1.165) is 5.92 Å². The quantitative estimate of drug-likeness (QED) is 0.604. The van der Waals surface area contributed by atoms with Gasteiger partial charge >= 0.3 is 156 Å². The van der Waals surface area contributed by atoms with Crippen LogP contribution in [0.15, 0.2) is 18.2 Å². The number of piperidine rings is 2. The Morgan fingerprint density at radius 1 is 1.04 bits per heavy atom. The first-order valence-corrected chi connectivity index (χ1v) is 10.4. The topological polar surface area (TPSA) is 3.24 Å². The van der Waals surface area contributed by atoms with Crippen LogP contribution >= 0.6 is 0 Å². The van der Waals surface area contributed by atoms with Crippen LogP contribution < -0.4 is 4.90 Å². The van der Waals surface area contributed by atoms with Gasteiger partial charge < -0.3 is 0 Å². The summed E-state index contributed by atoms with van der Waals surface area (Å²) >= 11 is 3.53. The maximum atomic E-state index is 3.53. The molecule has 2 aliphatic heterocycles. The second kappa shape index (κ2) is 5.99. The molecule has 2 heteroatoms. The first-order valence-electron chi connectivity index (χ1n) is 9.59. The fraction of sp³-hybridized carbons (Fsp3) is 0.682. The van der Waals surface area contributed by atoms with E-state index in [1.165, 1.54) is 40.6 Å². The summed E-state index contributed by atoms with van der Waals surface area (Å²) in [5.41, 5.74) is 5.04. The van der Waals surface area contributed by atoms with Crippen LogP contribution in [0, 0.1) is 11.3 Å². The summed E-state index contributed by atoms with van der Waals surface area (Å²) in [7, 11) is 0. The van der Waals surface area contributed by atoms with Crippen molar-refractivity contribution >= 4 is 25.8 Å². The second-order valence-electron chi connectivity index (χ2n) is 9.25. The van der Waals surface area contributed by atoms with E-state index in [1.807, 2.05) is 0 Å². The van der Waals surface area contributed by atoms with Gasteiger partial charge in [0.2, 0.25) is 0 Å². The molecule has 4 rings (SSSR count). The van der Waals surface area contributed by atoms with Crippen molar-refractivity contribution in [3.05, 3.63) is 29.3 Å². The Morgan fingerprint density at radius 3 is 2.04 bits per heavy atom. The van der Waals surface area contributed by atoms with E-state index < -0.39 is 0 Å². The zero-order valence-corrected chi connectivity index (χ0v) is 18.2. The van der Waals surface area contributed by atoms with Gasteiger partial charge in [0.25, 0.3) is 0 Å². The Hall–Kier alpha value is -0.591. The van der Waals surface area contributed by atoms with Crippen LogP contribution in [-0.4, -0.2) is 25.7 Å². The third-order valence-electron chi connectivity index (χ3n) is 6.81. The molecule has 0 radical (unpaired) electrons. The molecule has 1 aliphatic carbocycles. The van der Waals surface area contributed by atoms with Gasteiger partial charge in [-0.25, -0.2) is 0 Å². The molecule has 2 bridgehead atoms. The summed E-state index contributed by atoms with van der Waals surface area (Å²) in [4.78, 5) is 2.72. The van der Waals surface area contributed by atoms with Crippen molar-refractivity contribution in [2.45, 2.75) is 85.1 Å². The molecule has 2 saturated heterocycles. The molecule has 24 heavy (non-hydrogen) atoms. The van der Waals surface area contributed by atoms with Gasteiger partial charge in [-0.3, -0.25) is 0 Å². The van der Waals surface area contributed by atoms with E-state index in [0.29, 0.717) is 17.3 Å². The van der Waals surface area contributed by atoms with E-state index >= 15 is 0 Å². The average molecular weight is 390 g/mol. The van der Waals surface area contributed by atoms with E-state index in [1.54, 1.807) is 0 Å². The molecule has 3 aliphatic rings. The minimum atomic E-state index is 0.242. The van der Waals surface area contributed by atoms with Gasteiger partial charge in [0.15, 0.2) is 0 Å². The number of fused-ring (bicyclic) bond motifs is 3. The molecule has 3 fully saturated rings. The molecule has 1 aromatic rings. The summed E-state index contributed by atoms with van der Waals surface area (Å²) in [5, 5.41) is 0. The van der Waals surface area contributed by atoms with Gasteiger partial charge in [-0.2, -0.15) is 0 Å². The zero-order valence-electron chi connectivity index (χ0n) is 16.4. The van der Waals surface area contributed by atoms with Gasteiger partial charge in [-0.05, 0) is 0 Å². The molecular weight excluding hydrogens is 357 g/mol. The second-order valence-corrected chi connectivity index (χ2v) is 10.1. The Bertz CT molecular complexity index is 636. The van der Waals surface area contributed by atoms with Gasteiger partial charge in [0.05, 0.1) is 0 Å². The fourth-order valence-electron chi connectivity index (χ4n) is 4.93. The number of para-hydroxylation sites is 1. The van der Waals surface area contributed by atoms with Crippen molar-refractivity contribution in [3.8, 4) is 0 Å². The Balaban J connectivity index is 2.24. The van der Waals surface area contributed by atoms with Crippen molar-refractivity contribution in [2.24, 2.45) is 11.3 Å². The molecule has 0 spiro atoms. The number of hydrogen-bond acceptors (Lipinski definition) is 1. The van der Waals surface area contributed by atoms with Crippen LogP contribution in [0.25, 0.3) is 0 Å². The number of hydrogen-bond donors (Lipinski definition) is 0. The van der Waals surface area contributed by atoms with E-state index in [-0.39, 0.29) is 5.54 Å². The molecule has 0 N–H and O–H groups in total. The number of anilines is 1. The molecule has 2 heterocycles. The predicted molar refractivity (Wildman–Crippen MR) is 107 cm³/mol. The molecule has 1 aromatic carbocycles. The Labute approximate surface area is 156 Å². The van der Waals surface area contributed by atoms with Crippen LogP contribution in [-0.2, 0) is 0 Å². The minimum absolute atomic E-state index is 0.242. The first kappa shape index (κ1) is 18.2. The van der Waals surface area contributed by atoms with Crippen LogP contribution in [0.2, 0.25) is 0 Å². The van der Waals surface area contributed by atoms with Crippen LogP contribution in [0.4, 0.5) is 5.69 Å². The van der Waals surface area contributed by atoms with Crippen LogP contribution in [0.5, 0.6) is 0 Å². The molecule has 0 unspecified atom stereocenters. The molecular formula is C22H33NSe. The summed E-state index contributed by atoms with van der Waals surface area (Å²) < 4.78 is 1.48. The normalized spacial score (nSPS) is 33.0. The van der Waals surface area contributed by atoms with Crippen molar-refractivity contribution < 1.29 is 0 Å². The summed E-state index contributed by atoms with van der Waals surface area (Å²) in [5.74, 6) is 1.83. The third-order valence-corrected chi connectivity index (χ3v) is 8.18. The number of rotatable bonds is 3.